The predicted molar refractivity (Wildman–Crippen MR) is 72.0 cm³/mol. The Labute approximate surface area is 114 Å². The standard InChI is InChI=1S/C14H24N2O3/c1-2-14(7-8-14)10-15-13(19)16(9-12(17)18)11-5-3-4-6-11/h11H,2-10H2,1H3,(H,15,19)(H,17,18). The minimum atomic E-state index is -0.932. The van der Waals surface area contributed by atoms with Gasteiger partial charge in [0.05, 0.1) is 0 Å². The van der Waals surface area contributed by atoms with E-state index in [0.29, 0.717) is 12.0 Å². The van der Waals surface area contributed by atoms with Crippen LogP contribution in [0.5, 0.6) is 0 Å². The molecule has 0 aromatic rings. The van der Waals surface area contributed by atoms with Crippen LogP contribution in [-0.4, -0.2) is 41.1 Å². The molecule has 0 radical (unpaired) electrons. The first-order chi connectivity index (χ1) is 9.06. The van der Waals surface area contributed by atoms with E-state index < -0.39 is 5.97 Å². The van der Waals surface area contributed by atoms with Crippen molar-refractivity contribution in [2.45, 2.75) is 57.9 Å². The van der Waals surface area contributed by atoms with Crippen LogP contribution in [0.1, 0.15) is 51.9 Å². The van der Waals surface area contributed by atoms with Crippen LogP contribution in [-0.2, 0) is 4.79 Å². The molecule has 0 aromatic heterocycles. The molecule has 5 nitrogen and oxygen atoms in total. The highest BCUT2D eigenvalue weighted by Gasteiger charge is 2.41. The number of amides is 2. The minimum Gasteiger partial charge on any atom is -0.480 e. The predicted octanol–water partition coefficient (Wildman–Crippen LogP) is 2.22. The number of carboxylic acids is 1. The fourth-order valence-electron chi connectivity index (χ4n) is 2.93. The molecule has 0 atom stereocenters. The van der Waals surface area contributed by atoms with Crippen LogP contribution in [0.4, 0.5) is 4.79 Å². The van der Waals surface area contributed by atoms with Crippen molar-refractivity contribution in [2.24, 2.45) is 5.41 Å². The molecule has 0 unspecified atom stereocenters. The van der Waals surface area contributed by atoms with E-state index in [-0.39, 0.29) is 18.6 Å². The van der Waals surface area contributed by atoms with Gasteiger partial charge in [0, 0.05) is 12.6 Å². The fourth-order valence-corrected chi connectivity index (χ4v) is 2.93. The molecule has 2 rings (SSSR count). The van der Waals surface area contributed by atoms with Crippen molar-refractivity contribution in [3.05, 3.63) is 0 Å². The number of hydrogen-bond donors (Lipinski definition) is 2. The number of nitrogens with one attached hydrogen (secondary N) is 1. The summed E-state index contributed by atoms with van der Waals surface area (Å²) in [6.07, 6.45) is 7.47. The zero-order valence-corrected chi connectivity index (χ0v) is 11.7. The van der Waals surface area contributed by atoms with Gasteiger partial charge in [0.2, 0.25) is 0 Å². The lowest BCUT2D eigenvalue weighted by molar-refractivity contribution is -0.138. The van der Waals surface area contributed by atoms with Gasteiger partial charge in [-0.15, -0.1) is 0 Å². The van der Waals surface area contributed by atoms with E-state index in [1.54, 1.807) is 0 Å². The molecule has 2 aliphatic carbocycles. The molecule has 19 heavy (non-hydrogen) atoms. The number of aliphatic carboxylic acids is 1. The second-order valence-electron chi connectivity index (χ2n) is 5.97. The first-order valence-corrected chi connectivity index (χ1v) is 7.32. The molecule has 0 heterocycles. The summed E-state index contributed by atoms with van der Waals surface area (Å²) in [4.78, 5) is 24.6. The summed E-state index contributed by atoms with van der Waals surface area (Å²) >= 11 is 0. The smallest absolute Gasteiger partial charge is 0.323 e. The first-order valence-electron chi connectivity index (χ1n) is 7.32. The molecule has 2 saturated carbocycles. The average molecular weight is 268 g/mol. The van der Waals surface area contributed by atoms with Gasteiger partial charge in [0.25, 0.3) is 0 Å². The van der Waals surface area contributed by atoms with Gasteiger partial charge in [-0.1, -0.05) is 19.8 Å². The SMILES string of the molecule is CCC1(CNC(=O)N(CC(=O)O)C2CCCC2)CC1. The molecule has 0 aliphatic heterocycles. The first kappa shape index (κ1) is 14.2. The van der Waals surface area contributed by atoms with Crippen molar-refractivity contribution < 1.29 is 14.7 Å². The Morgan fingerprint density at radius 3 is 2.42 bits per heavy atom. The average Bonchev–Trinajstić information content (AvgIpc) is 2.97. The number of hydrogen-bond acceptors (Lipinski definition) is 2. The molecule has 5 heteroatoms. The Morgan fingerprint density at radius 2 is 1.95 bits per heavy atom. The Hall–Kier alpha value is -1.26. The van der Waals surface area contributed by atoms with Gasteiger partial charge in [-0.05, 0) is 37.5 Å². The second kappa shape index (κ2) is 5.80. The Morgan fingerprint density at radius 1 is 1.32 bits per heavy atom. The van der Waals surface area contributed by atoms with Gasteiger partial charge in [-0.3, -0.25) is 4.79 Å². The lowest BCUT2D eigenvalue weighted by Crippen LogP contribution is -2.48. The molecule has 0 saturated heterocycles. The summed E-state index contributed by atoms with van der Waals surface area (Å²) in [5.74, 6) is -0.932. The highest BCUT2D eigenvalue weighted by atomic mass is 16.4. The Bertz CT molecular complexity index is 347. The van der Waals surface area contributed by atoms with Crippen molar-refractivity contribution in [2.75, 3.05) is 13.1 Å². The third kappa shape index (κ3) is 3.61. The van der Waals surface area contributed by atoms with Crippen molar-refractivity contribution in [3.63, 3.8) is 0 Å². The number of carbonyl (C=O) groups is 2. The third-order valence-electron chi connectivity index (χ3n) is 4.65. The van der Waals surface area contributed by atoms with E-state index in [0.717, 1.165) is 32.1 Å². The monoisotopic (exact) mass is 268 g/mol. The molecular formula is C14H24N2O3. The lowest BCUT2D eigenvalue weighted by Gasteiger charge is -2.28. The van der Waals surface area contributed by atoms with Crippen LogP contribution in [0.2, 0.25) is 0 Å². The van der Waals surface area contributed by atoms with Crippen LogP contribution in [0.3, 0.4) is 0 Å². The summed E-state index contributed by atoms with van der Waals surface area (Å²) < 4.78 is 0. The number of carbonyl (C=O) groups excluding carboxylic acids is 1. The molecular weight excluding hydrogens is 244 g/mol. The summed E-state index contributed by atoms with van der Waals surface area (Å²) in [5.41, 5.74) is 0.292. The largest absolute Gasteiger partial charge is 0.480 e. The van der Waals surface area contributed by atoms with Gasteiger partial charge >= 0.3 is 12.0 Å². The highest BCUT2D eigenvalue weighted by Crippen LogP contribution is 2.47. The normalized spacial score (nSPS) is 21.1. The van der Waals surface area contributed by atoms with Crippen LogP contribution in [0.15, 0.2) is 0 Å². The number of nitrogens with zero attached hydrogens (tertiary/aromatic N) is 1. The summed E-state index contributed by atoms with van der Waals surface area (Å²) in [5, 5.41) is 11.9. The fraction of sp³-hybridized carbons (Fsp3) is 0.857. The third-order valence-corrected chi connectivity index (χ3v) is 4.65. The van der Waals surface area contributed by atoms with E-state index in [4.69, 9.17) is 5.11 Å². The van der Waals surface area contributed by atoms with Gasteiger partial charge in [0.15, 0.2) is 0 Å². The highest BCUT2D eigenvalue weighted by molar-refractivity contribution is 5.80. The maximum atomic E-state index is 12.2. The van der Waals surface area contributed by atoms with Crippen LogP contribution >= 0.6 is 0 Å². The molecule has 2 fully saturated rings. The molecule has 108 valence electrons. The number of urea groups is 1. The van der Waals surface area contributed by atoms with Gasteiger partial charge in [-0.25, -0.2) is 4.79 Å². The van der Waals surface area contributed by atoms with E-state index >= 15 is 0 Å². The quantitative estimate of drug-likeness (QED) is 0.776. The molecule has 2 N–H and O–H groups in total. The molecule has 2 aliphatic rings. The van der Waals surface area contributed by atoms with Gasteiger partial charge in [0.1, 0.15) is 6.54 Å². The van der Waals surface area contributed by atoms with Crippen LogP contribution < -0.4 is 5.32 Å². The van der Waals surface area contributed by atoms with E-state index in [2.05, 4.69) is 12.2 Å². The number of rotatable bonds is 6. The summed E-state index contributed by atoms with van der Waals surface area (Å²) in [6, 6.07) is -0.0955. The van der Waals surface area contributed by atoms with Crippen molar-refractivity contribution in [1.29, 1.82) is 0 Å². The maximum absolute atomic E-state index is 12.2. The zero-order chi connectivity index (χ0) is 13.9. The molecule has 2 amide bonds. The lowest BCUT2D eigenvalue weighted by atomic mass is 10.0. The molecule has 0 spiro atoms. The van der Waals surface area contributed by atoms with Crippen LogP contribution in [0, 0.1) is 5.41 Å². The van der Waals surface area contributed by atoms with Crippen molar-refractivity contribution >= 4 is 12.0 Å². The van der Waals surface area contributed by atoms with Crippen molar-refractivity contribution in [3.8, 4) is 0 Å². The van der Waals surface area contributed by atoms with E-state index in [1.165, 1.54) is 17.7 Å². The summed E-state index contributed by atoms with van der Waals surface area (Å²) in [7, 11) is 0. The molecule has 0 aromatic carbocycles. The van der Waals surface area contributed by atoms with Crippen molar-refractivity contribution in [1.82, 2.24) is 10.2 Å². The second-order valence-corrected chi connectivity index (χ2v) is 5.97. The van der Waals surface area contributed by atoms with Crippen LogP contribution in [0.25, 0.3) is 0 Å². The molecule has 0 bridgehead atoms. The van der Waals surface area contributed by atoms with Gasteiger partial charge < -0.3 is 15.3 Å². The van der Waals surface area contributed by atoms with Gasteiger partial charge in [-0.2, -0.15) is 0 Å². The minimum absolute atomic E-state index is 0.105. The Kier molecular flexibility index (Phi) is 4.32. The Balaban J connectivity index is 1.89. The van der Waals surface area contributed by atoms with E-state index in [9.17, 15) is 9.59 Å². The maximum Gasteiger partial charge on any atom is 0.323 e. The summed E-state index contributed by atoms with van der Waals surface area (Å²) in [6.45, 7) is 2.64. The number of carboxylic acid groups (broad SMARTS) is 1. The topological polar surface area (TPSA) is 69.6 Å². The zero-order valence-electron chi connectivity index (χ0n) is 11.7. The van der Waals surface area contributed by atoms with E-state index in [1.807, 2.05) is 0 Å².